The number of nitrogens with zero attached hydrogens (tertiary/aromatic N) is 1. The van der Waals surface area contributed by atoms with E-state index in [0.29, 0.717) is 25.3 Å². The second kappa shape index (κ2) is 7.69. The number of carboxylic acids is 1. The maximum Gasteiger partial charge on any atom is 0.335 e. The Morgan fingerprint density at radius 3 is 2.50 bits per heavy atom. The van der Waals surface area contributed by atoms with Crippen molar-refractivity contribution in [2.24, 2.45) is 0 Å². The van der Waals surface area contributed by atoms with Gasteiger partial charge in [-0.1, -0.05) is 12.1 Å². The van der Waals surface area contributed by atoms with Crippen LogP contribution in [0.15, 0.2) is 24.3 Å². The summed E-state index contributed by atoms with van der Waals surface area (Å²) in [6.07, 6.45) is -0.136. The van der Waals surface area contributed by atoms with Crippen molar-refractivity contribution in [3.63, 3.8) is 0 Å². The van der Waals surface area contributed by atoms with Gasteiger partial charge < -0.3 is 19.3 Å². The molecule has 2 rings (SSSR count). The van der Waals surface area contributed by atoms with Crippen LogP contribution >= 0.6 is 0 Å². The Hall–Kier alpha value is -1.47. The molecule has 1 heterocycles. The molecule has 0 amide bonds. The summed E-state index contributed by atoms with van der Waals surface area (Å²) < 4.78 is 16.6. The van der Waals surface area contributed by atoms with Gasteiger partial charge in [0.05, 0.1) is 24.8 Å². The van der Waals surface area contributed by atoms with Gasteiger partial charge in [-0.15, -0.1) is 0 Å². The van der Waals surface area contributed by atoms with E-state index in [4.69, 9.17) is 19.3 Å². The van der Waals surface area contributed by atoms with Crippen LogP contribution in [0.1, 0.15) is 15.9 Å². The van der Waals surface area contributed by atoms with Crippen molar-refractivity contribution in [1.82, 2.24) is 4.90 Å². The summed E-state index contributed by atoms with van der Waals surface area (Å²) in [6, 6.07) is 6.99. The second-order valence-corrected chi connectivity index (χ2v) is 5.50. The molecule has 0 radical (unpaired) electrons. The smallest absolute Gasteiger partial charge is 0.335 e. The van der Waals surface area contributed by atoms with Crippen molar-refractivity contribution in [3.05, 3.63) is 35.4 Å². The number of ether oxygens (including phenoxy) is 3. The molecule has 1 aromatic carbocycles. The Morgan fingerprint density at radius 2 is 1.95 bits per heavy atom. The molecule has 1 saturated heterocycles. The fourth-order valence-corrected chi connectivity index (χ4v) is 2.79. The van der Waals surface area contributed by atoms with Crippen LogP contribution in [-0.2, 0) is 20.8 Å². The Labute approximate surface area is 130 Å². The van der Waals surface area contributed by atoms with Crippen molar-refractivity contribution < 1.29 is 24.1 Å². The van der Waals surface area contributed by atoms with Gasteiger partial charge in [0.25, 0.3) is 0 Å². The van der Waals surface area contributed by atoms with Crippen molar-refractivity contribution in [2.75, 3.05) is 34.5 Å². The summed E-state index contributed by atoms with van der Waals surface area (Å²) in [6.45, 7) is 1.80. The molecule has 0 aliphatic carbocycles. The third-order valence-corrected chi connectivity index (χ3v) is 4.09. The number of aromatic carboxylic acids is 1. The highest BCUT2D eigenvalue weighted by molar-refractivity contribution is 5.87. The van der Waals surface area contributed by atoms with Crippen molar-refractivity contribution in [2.45, 2.75) is 24.8 Å². The van der Waals surface area contributed by atoms with E-state index < -0.39 is 5.97 Å². The predicted octanol–water partition coefficient (Wildman–Crippen LogP) is 1.25. The molecule has 6 nitrogen and oxygen atoms in total. The van der Waals surface area contributed by atoms with E-state index in [2.05, 4.69) is 4.90 Å². The number of hydrogen-bond acceptors (Lipinski definition) is 5. The predicted molar refractivity (Wildman–Crippen MR) is 81.1 cm³/mol. The Kier molecular flexibility index (Phi) is 5.90. The highest BCUT2D eigenvalue weighted by Gasteiger charge is 2.36. The summed E-state index contributed by atoms with van der Waals surface area (Å²) in [5.74, 6) is -0.914. The van der Waals surface area contributed by atoms with Crippen LogP contribution in [0.4, 0.5) is 0 Å². The number of methoxy groups -OCH3 is 2. The largest absolute Gasteiger partial charge is 0.478 e. The number of benzene rings is 1. The molecule has 0 aromatic heterocycles. The molecule has 1 aliphatic heterocycles. The second-order valence-electron chi connectivity index (χ2n) is 5.50. The average molecular weight is 309 g/mol. The molecule has 22 heavy (non-hydrogen) atoms. The monoisotopic (exact) mass is 309 g/mol. The number of carbonyl (C=O) groups is 1. The Bertz CT molecular complexity index is 490. The van der Waals surface area contributed by atoms with E-state index in [1.165, 1.54) is 0 Å². The van der Waals surface area contributed by atoms with Crippen LogP contribution in [0.25, 0.3) is 0 Å². The summed E-state index contributed by atoms with van der Waals surface area (Å²) >= 11 is 0. The van der Waals surface area contributed by atoms with Crippen molar-refractivity contribution >= 4 is 5.97 Å². The minimum absolute atomic E-state index is 0.0537. The van der Waals surface area contributed by atoms with Gasteiger partial charge in [0.15, 0.2) is 0 Å². The summed E-state index contributed by atoms with van der Waals surface area (Å²) in [4.78, 5) is 13.0. The van der Waals surface area contributed by atoms with Crippen LogP contribution < -0.4 is 0 Å². The first-order valence-electron chi connectivity index (χ1n) is 7.22. The van der Waals surface area contributed by atoms with E-state index in [-0.39, 0.29) is 18.2 Å². The van der Waals surface area contributed by atoms with Crippen LogP contribution in [-0.4, -0.2) is 68.7 Å². The molecule has 0 spiro atoms. The lowest BCUT2D eigenvalue weighted by Crippen LogP contribution is -2.56. The molecule has 0 bridgehead atoms. The zero-order valence-corrected chi connectivity index (χ0v) is 13.2. The molecule has 1 fully saturated rings. The lowest BCUT2D eigenvalue weighted by Gasteiger charge is -2.40. The first-order chi connectivity index (χ1) is 10.6. The number of likely N-dealkylation sites (N-methyl/N-ethyl adjacent to an activating group) is 1. The third kappa shape index (κ3) is 3.84. The standard InChI is InChI=1S/C16H23NO5/c1-17(8-11-4-6-12(7-5-11)16(18)19)13-9-22-10-14(20-2)15(13)21-3/h4-7,13-15H,8-10H2,1-3H3,(H,18,19)/t13-,14-,15+/m1/s1. The lowest BCUT2D eigenvalue weighted by molar-refractivity contribution is -0.153. The van der Waals surface area contributed by atoms with Crippen LogP contribution in [0, 0.1) is 0 Å². The van der Waals surface area contributed by atoms with E-state index in [9.17, 15) is 4.79 Å². The maximum absolute atomic E-state index is 10.9. The van der Waals surface area contributed by atoms with Gasteiger partial charge in [-0.25, -0.2) is 4.79 Å². The molecule has 1 aliphatic rings. The van der Waals surface area contributed by atoms with Gasteiger partial charge in [0, 0.05) is 20.8 Å². The molecule has 0 unspecified atom stereocenters. The average Bonchev–Trinajstić information content (AvgIpc) is 2.54. The topological polar surface area (TPSA) is 68.2 Å². The molecule has 0 saturated carbocycles. The van der Waals surface area contributed by atoms with E-state index in [0.717, 1.165) is 5.56 Å². The maximum atomic E-state index is 10.9. The molecule has 6 heteroatoms. The first-order valence-corrected chi connectivity index (χ1v) is 7.22. The third-order valence-electron chi connectivity index (χ3n) is 4.09. The highest BCUT2D eigenvalue weighted by Crippen LogP contribution is 2.20. The van der Waals surface area contributed by atoms with Crippen LogP contribution in [0.2, 0.25) is 0 Å². The minimum atomic E-state index is -0.914. The molecule has 122 valence electrons. The summed E-state index contributed by atoms with van der Waals surface area (Å²) in [7, 11) is 5.35. The quantitative estimate of drug-likeness (QED) is 0.853. The van der Waals surface area contributed by atoms with Gasteiger partial charge >= 0.3 is 5.97 Å². The first kappa shape index (κ1) is 16.9. The highest BCUT2D eigenvalue weighted by atomic mass is 16.6. The molecule has 1 N–H and O–H groups in total. The Morgan fingerprint density at radius 1 is 1.27 bits per heavy atom. The van der Waals surface area contributed by atoms with E-state index in [1.54, 1.807) is 26.4 Å². The normalized spacial score (nSPS) is 25.4. The molecule has 3 atom stereocenters. The Balaban J connectivity index is 2.03. The number of carboxylic acid groups (broad SMARTS) is 1. The fourth-order valence-electron chi connectivity index (χ4n) is 2.79. The van der Waals surface area contributed by atoms with Gasteiger partial charge in [0.1, 0.15) is 12.2 Å². The number of hydrogen-bond donors (Lipinski definition) is 1. The lowest BCUT2D eigenvalue weighted by atomic mass is 10.0. The molecule has 1 aromatic rings. The van der Waals surface area contributed by atoms with Crippen LogP contribution in [0.3, 0.4) is 0 Å². The SMILES string of the molecule is CO[C@H]1[C@H](N(C)Cc2ccc(C(=O)O)cc2)COC[C@H]1OC. The van der Waals surface area contributed by atoms with E-state index in [1.807, 2.05) is 19.2 Å². The van der Waals surface area contributed by atoms with Gasteiger partial charge in [-0.2, -0.15) is 0 Å². The van der Waals surface area contributed by atoms with Gasteiger partial charge in [0.2, 0.25) is 0 Å². The van der Waals surface area contributed by atoms with Gasteiger partial charge in [-0.05, 0) is 24.7 Å². The molecular weight excluding hydrogens is 286 g/mol. The minimum Gasteiger partial charge on any atom is -0.478 e. The summed E-state index contributed by atoms with van der Waals surface area (Å²) in [5.41, 5.74) is 1.34. The zero-order chi connectivity index (χ0) is 16.1. The van der Waals surface area contributed by atoms with Crippen molar-refractivity contribution in [1.29, 1.82) is 0 Å². The van der Waals surface area contributed by atoms with Crippen LogP contribution in [0.5, 0.6) is 0 Å². The number of rotatable bonds is 6. The van der Waals surface area contributed by atoms with E-state index >= 15 is 0 Å². The fraction of sp³-hybridized carbons (Fsp3) is 0.562. The summed E-state index contributed by atoms with van der Waals surface area (Å²) in [5, 5.41) is 8.93. The molecular formula is C16H23NO5. The zero-order valence-electron chi connectivity index (χ0n) is 13.2. The van der Waals surface area contributed by atoms with Gasteiger partial charge in [-0.3, -0.25) is 4.90 Å². The van der Waals surface area contributed by atoms with Crippen molar-refractivity contribution in [3.8, 4) is 0 Å².